The summed E-state index contributed by atoms with van der Waals surface area (Å²) in [5.41, 5.74) is 0.207. The monoisotopic (exact) mass is 325 g/mol. The normalized spacial score (nSPS) is 19.6. The zero-order valence-electron chi connectivity index (χ0n) is 11.4. The van der Waals surface area contributed by atoms with E-state index in [2.05, 4.69) is 34.7 Å². The van der Waals surface area contributed by atoms with E-state index in [-0.39, 0.29) is 0 Å². The van der Waals surface area contributed by atoms with Gasteiger partial charge in [-0.3, -0.25) is 4.79 Å². The number of nitrogens with zero attached hydrogens (tertiary/aromatic N) is 1. The molecule has 0 radical (unpaired) electrons. The van der Waals surface area contributed by atoms with Crippen molar-refractivity contribution >= 4 is 21.9 Å². The Balaban J connectivity index is 2.26. The summed E-state index contributed by atoms with van der Waals surface area (Å²) in [7, 11) is 0. The molecule has 1 aromatic rings. The van der Waals surface area contributed by atoms with Gasteiger partial charge in [0.05, 0.1) is 5.41 Å². The zero-order chi connectivity index (χ0) is 14.0. The molecular formula is C15H20BrNO2. The Morgan fingerprint density at radius 3 is 2.21 bits per heavy atom. The number of likely N-dealkylation sites (tertiary alicyclic amines) is 1. The van der Waals surface area contributed by atoms with Crippen molar-refractivity contribution < 1.29 is 9.90 Å². The molecule has 1 aliphatic heterocycles. The van der Waals surface area contributed by atoms with E-state index in [0.29, 0.717) is 18.9 Å². The first-order valence-electron chi connectivity index (χ1n) is 6.69. The third-order valence-electron chi connectivity index (χ3n) is 4.19. The number of piperidine rings is 1. The van der Waals surface area contributed by atoms with Gasteiger partial charge in [-0.1, -0.05) is 28.1 Å². The Bertz CT molecular complexity index is 448. The number of rotatable bonds is 3. The summed E-state index contributed by atoms with van der Waals surface area (Å²) in [6, 6.07) is 8.20. The molecule has 1 saturated heterocycles. The fraction of sp³-hybridized carbons (Fsp3) is 0.533. The smallest absolute Gasteiger partial charge is 0.314 e. The van der Waals surface area contributed by atoms with Crippen LogP contribution in [0, 0.1) is 0 Å². The third kappa shape index (κ3) is 2.84. The summed E-state index contributed by atoms with van der Waals surface area (Å²) in [4.78, 5) is 14.2. The first kappa shape index (κ1) is 14.5. The summed E-state index contributed by atoms with van der Waals surface area (Å²) in [5, 5.41) is 9.71. The Labute approximate surface area is 122 Å². The van der Waals surface area contributed by atoms with Crippen molar-refractivity contribution in [1.29, 1.82) is 0 Å². The first-order valence-corrected chi connectivity index (χ1v) is 7.48. The van der Waals surface area contributed by atoms with Crippen molar-refractivity contribution in [2.75, 3.05) is 13.1 Å². The Morgan fingerprint density at radius 1 is 1.26 bits per heavy atom. The molecule has 1 aliphatic rings. The van der Waals surface area contributed by atoms with Crippen molar-refractivity contribution in [3.8, 4) is 0 Å². The lowest BCUT2D eigenvalue weighted by Gasteiger charge is -2.40. The van der Waals surface area contributed by atoms with Gasteiger partial charge in [0, 0.05) is 10.5 Å². The van der Waals surface area contributed by atoms with Gasteiger partial charge in [-0.25, -0.2) is 0 Å². The highest BCUT2D eigenvalue weighted by atomic mass is 79.9. The second-order valence-electron chi connectivity index (χ2n) is 5.52. The van der Waals surface area contributed by atoms with Gasteiger partial charge in [0.15, 0.2) is 0 Å². The predicted molar refractivity (Wildman–Crippen MR) is 79.4 cm³/mol. The fourth-order valence-corrected chi connectivity index (χ4v) is 3.08. The molecule has 0 unspecified atom stereocenters. The Hall–Kier alpha value is -0.870. The highest BCUT2D eigenvalue weighted by Gasteiger charge is 2.43. The van der Waals surface area contributed by atoms with E-state index in [1.165, 1.54) is 0 Å². The van der Waals surface area contributed by atoms with Gasteiger partial charge in [-0.05, 0) is 57.5 Å². The lowest BCUT2D eigenvalue weighted by atomic mass is 9.72. The molecule has 0 saturated carbocycles. The number of hydrogen-bond acceptors (Lipinski definition) is 2. The van der Waals surface area contributed by atoms with Gasteiger partial charge in [-0.2, -0.15) is 0 Å². The van der Waals surface area contributed by atoms with E-state index in [4.69, 9.17) is 0 Å². The minimum absolute atomic E-state index is 0.483. The standard InChI is InChI=1S/C15H20BrNO2/c1-11(2)17-9-7-15(8-10-17,14(18)19)12-3-5-13(16)6-4-12/h3-6,11H,7-10H2,1-2H3,(H,18,19). The molecule has 0 amide bonds. The predicted octanol–water partition coefficient (Wildman–Crippen LogP) is 3.28. The largest absolute Gasteiger partial charge is 0.481 e. The molecule has 1 fully saturated rings. The number of benzene rings is 1. The maximum Gasteiger partial charge on any atom is 0.314 e. The molecule has 0 atom stereocenters. The first-order chi connectivity index (χ1) is 8.95. The topological polar surface area (TPSA) is 40.5 Å². The van der Waals surface area contributed by atoms with Crippen LogP contribution in [0.2, 0.25) is 0 Å². The number of carboxylic acids is 1. The van der Waals surface area contributed by atoms with Gasteiger partial charge in [0.1, 0.15) is 0 Å². The van der Waals surface area contributed by atoms with Gasteiger partial charge in [-0.15, -0.1) is 0 Å². The molecule has 0 spiro atoms. The second-order valence-corrected chi connectivity index (χ2v) is 6.44. The van der Waals surface area contributed by atoms with E-state index < -0.39 is 11.4 Å². The minimum atomic E-state index is -0.716. The lowest BCUT2D eigenvalue weighted by Crippen LogP contribution is -2.49. The lowest BCUT2D eigenvalue weighted by molar-refractivity contribution is -0.146. The fourth-order valence-electron chi connectivity index (χ4n) is 2.82. The Morgan fingerprint density at radius 2 is 1.79 bits per heavy atom. The third-order valence-corrected chi connectivity index (χ3v) is 4.72. The van der Waals surface area contributed by atoms with E-state index in [1.807, 2.05) is 24.3 Å². The quantitative estimate of drug-likeness (QED) is 0.927. The molecule has 3 nitrogen and oxygen atoms in total. The van der Waals surface area contributed by atoms with Crippen LogP contribution in [0.25, 0.3) is 0 Å². The van der Waals surface area contributed by atoms with Crippen LogP contribution in [0.3, 0.4) is 0 Å². The highest BCUT2D eigenvalue weighted by Crippen LogP contribution is 2.36. The van der Waals surface area contributed by atoms with E-state index in [0.717, 1.165) is 23.1 Å². The number of carboxylic acid groups (broad SMARTS) is 1. The van der Waals surface area contributed by atoms with Gasteiger partial charge in [0.2, 0.25) is 0 Å². The van der Waals surface area contributed by atoms with Crippen molar-refractivity contribution in [3.05, 3.63) is 34.3 Å². The van der Waals surface area contributed by atoms with Crippen molar-refractivity contribution in [2.45, 2.75) is 38.1 Å². The van der Waals surface area contributed by atoms with Crippen molar-refractivity contribution in [2.24, 2.45) is 0 Å². The SMILES string of the molecule is CC(C)N1CCC(C(=O)O)(c2ccc(Br)cc2)CC1. The van der Waals surface area contributed by atoms with Crippen molar-refractivity contribution in [1.82, 2.24) is 4.90 Å². The number of hydrogen-bond donors (Lipinski definition) is 1. The molecule has 4 heteroatoms. The molecule has 0 aliphatic carbocycles. The van der Waals surface area contributed by atoms with Gasteiger partial charge >= 0.3 is 5.97 Å². The van der Waals surface area contributed by atoms with Crippen LogP contribution in [-0.2, 0) is 10.2 Å². The maximum absolute atomic E-state index is 11.8. The van der Waals surface area contributed by atoms with Gasteiger partial charge in [0.25, 0.3) is 0 Å². The molecule has 1 N–H and O–H groups in total. The summed E-state index contributed by atoms with van der Waals surface area (Å²) >= 11 is 3.40. The van der Waals surface area contributed by atoms with E-state index >= 15 is 0 Å². The average Bonchev–Trinajstić information content (AvgIpc) is 2.39. The van der Waals surface area contributed by atoms with Crippen molar-refractivity contribution in [3.63, 3.8) is 0 Å². The van der Waals surface area contributed by atoms with Crippen LogP contribution in [0.5, 0.6) is 0 Å². The molecule has 104 valence electrons. The van der Waals surface area contributed by atoms with E-state index in [9.17, 15) is 9.90 Å². The Kier molecular flexibility index (Phi) is 4.31. The number of aliphatic carboxylic acids is 1. The summed E-state index contributed by atoms with van der Waals surface area (Å²) in [6.07, 6.45) is 1.37. The van der Waals surface area contributed by atoms with Crippen LogP contribution >= 0.6 is 15.9 Å². The van der Waals surface area contributed by atoms with Crippen LogP contribution < -0.4 is 0 Å². The second kappa shape index (κ2) is 5.63. The van der Waals surface area contributed by atoms with Crippen LogP contribution in [0.1, 0.15) is 32.3 Å². The van der Waals surface area contributed by atoms with Gasteiger partial charge < -0.3 is 10.0 Å². The van der Waals surface area contributed by atoms with Crippen LogP contribution in [-0.4, -0.2) is 35.1 Å². The molecular weight excluding hydrogens is 306 g/mol. The van der Waals surface area contributed by atoms with Crippen LogP contribution in [0.4, 0.5) is 0 Å². The minimum Gasteiger partial charge on any atom is -0.481 e. The number of carbonyl (C=O) groups is 1. The zero-order valence-corrected chi connectivity index (χ0v) is 13.0. The molecule has 19 heavy (non-hydrogen) atoms. The summed E-state index contributed by atoms with van der Waals surface area (Å²) < 4.78 is 0.983. The summed E-state index contributed by atoms with van der Waals surface area (Å²) in [5.74, 6) is -0.696. The molecule has 0 aromatic heterocycles. The highest BCUT2D eigenvalue weighted by molar-refractivity contribution is 9.10. The average molecular weight is 326 g/mol. The molecule has 2 rings (SSSR count). The van der Waals surface area contributed by atoms with Crippen LogP contribution in [0.15, 0.2) is 28.7 Å². The van der Waals surface area contributed by atoms with E-state index in [1.54, 1.807) is 0 Å². The molecule has 1 heterocycles. The molecule has 1 aromatic carbocycles. The molecule has 0 bridgehead atoms. The maximum atomic E-state index is 11.8. The number of halogens is 1. The summed E-state index contributed by atoms with van der Waals surface area (Å²) in [6.45, 7) is 6.01.